The highest BCUT2D eigenvalue weighted by Gasteiger charge is 2.24. The van der Waals surface area contributed by atoms with Gasteiger partial charge in [0.1, 0.15) is 11.8 Å². The van der Waals surface area contributed by atoms with Gasteiger partial charge in [0.05, 0.1) is 24.0 Å². The summed E-state index contributed by atoms with van der Waals surface area (Å²) >= 11 is 0. The number of hydrogen-bond donors (Lipinski definition) is 2. The number of anilines is 1. The van der Waals surface area contributed by atoms with Gasteiger partial charge in [-0.05, 0) is 25.0 Å². The summed E-state index contributed by atoms with van der Waals surface area (Å²) < 4.78 is 0. The molecule has 1 aromatic heterocycles. The van der Waals surface area contributed by atoms with E-state index in [4.69, 9.17) is 5.26 Å². The van der Waals surface area contributed by atoms with Gasteiger partial charge in [-0.25, -0.2) is 4.98 Å². The third-order valence-corrected chi connectivity index (χ3v) is 2.94. The summed E-state index contributed by atoms with van der Waals surface area (Å²) in [6.07, 6.45) is 3.29. The molecule has 0 bridgehead atoms. The van der Waals surface area contributed by atoms with Crippen LogP contribution in [0.4, 0.5) is 5.69 Å². The third-order valence-electron chi connectivity index (χ3n) is 2.94. The van der Waals surface area contributed by atoms with Crippen molar-refractivity contribution in [2.45, 2.75) is 32.2 Å². The van der Waals surface area contributed by atoms with E-state index in [1.165, 1.54) is 0 Å². The standard InChI is InChI=1S/C12H17N3O/c1-3-12(4-2,9-16)15-11-6-5-10(7-13)14-8-11/h5-6,8,15-16H,3-4,9H2,1-2H3. The molecule has 0 atom stereocenters. The first-order valence-corrected chi connectivity index (χ1v) is 5.45. The topological polar surface area (TPSA) is 68.9 Å². The Labute approximate surface area is 95.9 Å². The van der Waals surface area contributed by atoms with Crippen LogP contribution in [0.5, 0.6) is 0 Å². The smallest absolute Gasteiger partial charge is 0.140 e. The summed E-state index contributed by atoms with van der Waals surface area (Å²) in [5.41, 5.74) is 0.931. The highest BCUT2D eigenvalue weighted by Crippen LogP contribution is 2.21. The Morgan fingerprint density at radius 2 is 2.12 bits per heavy atom. The van der Waals surface area contributed by atoms with Crippen LogP contribution in [0.15, 0.2) is 18.3 Å². The van der Waals surface area contributed by atoms with Crippen LogP contribution in [-0.2, 0) is 0 Å². The minimum absolute atomic E-state index is 0.0833. The van der Waals surface area contributed by atoms with Gasteiger partial charge in [0.25, 0.3) is 0 Å². The highest BCUT2D eigenvalue weighted by molar-refractivity contribution is 5.45. The summed E-state index contributed by atoms with van der Waals surface area (Å²) in [5.74, 6) is 0. The van der Waals surface area contributed by atoms with E-state index >= 15 is 0 Å². The van der Waals surface area contributed by atoms with Gasteiger partial charge in [-0.3, -0.25) is 0 Å². The van der Waals surface area contributed by atoms with Crippen LogP contribution < -0.4 is 5.32 Å². The van der Waals surface area contributed by atoms with Crippen LogP contribution in [0.1, 0.15) is 32.4 Å². The maximum Gasteiger partial charge on any atom is 0.140 e. The Kier molecular flexibility index (Phi) is 4.27. The maximum absolute atomic E-state index is 9.40. The molecule has 4 heteroatoms. The molecule has 2 N–H and O–H groups in total. The number of aliphatic hydroxyl groups is 1. The SMILES string of the molecule is CCC(CC)(CO)Nc1ccc(C#N)nc1. The molecule has 0 aliphatic rings. The molecule has 0 radical (unpaired) electrons. The lowest BCUT2D eigenvalue weighted by Gasteiger charge is -2.31. The normalized spacial score (nSPS) is 10.9. The second kappa shape index (κ2) is 5.47. The van der Waals surface area contributed by atoms with Gasteiger partial charge in [0.2, 0.25) is 0 Å². The maximum atomic E-state index is 9.40. The van der Waals surface area contributed by atoms with Gasteiger partial charge >= 0.3 is 0 Å². The molecule has 86 valence electrons. The molecule has 0 fully saturated rings. The summed E-state index contributed by atoms with van der Waals surface area (Å²) in [4.78, 5) is 3.98. The molecule has 0 amide bonds. The van der Waals surface area contributed by atoms with Crippen molar-refractivity contribution in [1.29, 1.82) is 5.26 Å². The van der Waals surface area contributed by atoms with E-state index in [0.29, 0.717) is 5.69 Å². The minimum Gasteiger partial charge on any atom is -0.394 e. The molecule has 0 unspecified atom stereocenters. The summed E-state index contributed by atoms with van der Waals surface area (Å²) in [6, 6.07) is 5.44. The molecular weight excluding hydrogens is 202 g/mol. The zero-order chi connectivity index (χ0) is 12.0. The number of aromatic nitrogens is 1. The second-order valence-corrected chi connectivity index (χ2v) is 3.81. The quantitative estimate of drug-likeness (QED) is 0.793. The average Bonchev–Trinajstić information content (AvgIpc) is 2.37. The molecule has 4 nitrogen and oxygen atoms in total. The number of rotatable bonds is 5. The second-order valence-electron chi connectivity index (χ2n) is 3.81. The molecule has 16 heavy (non-hydrogen) atoms. The van der Waals surface area contributed by atoms with Gasteiger partial charge < -0.3 is 10.4 Å². The Balaban J connectivity index is 2.82. The van der Waals surface area contributed by atoms with Crippen molar-refractivity contribution in [1.82, 2.24) is 4.98 Å². The van der Waals surface area contributed by atoms with Crippen LogP contribution in [0.25, 0.3) is 0 Å². The van der Waals surface area contributed by atoms with Gasteiger partial charge in [0, 0.05) is 0 Å². The van der Waals surface area contributed by atoms with Crippen LogP contribution in [0, 0.1) is 11.3 Å². The van der Waals surface area contributed by atoms with Crippen molar-refractivity contribution in [3.8, 4) is 6.07 Å². The molecule has 0 aromatic carbocycles. The number of nitriles is 1. The molecule has 1 aromatic rings. The van der Waals surface area contributed by atoms with Crippen molar-refractivity contribution in [2.24, 2.45) is 0 Å². The van der Waals surface area contributed by atoms with Crippen molar-refractivity contribution in [2.75, 3.05) is 11.9 Å². The lowest BCUT2D eigenvalue weighted by Crippen LogP contribution is -2.40. The van der Waals surface area contributed by atoms with Gasteiger partial charge in [0.15, 0.2) is 0 Å². The fourth-order valence-electron chi connectivity index (χ4n) is 1.53. The number of nitrogens with one attached hydrogen (secondary N) is 1. The fourth-order valence-corrected chi connectivity index (χ4v) is 1.53. The predicted molar refractivity (Wildman–Crippen MR) is 63.0 cm³/mol. The Hall–Kier alpha value is -1.60. The zero-order valence-electron chi connectivity index (χ0n) is 9.70. The van der Waals surface area contributed by atoms with Crippen molar-refractivity contribution in [3.05, 3.63) is 24.0 Å². The first-order chi connectivity index (χ1) is 7.69. The first-order valence-electron chi connectivity index (χ1n) is 5.45. The Morgan fingerprint density at radius 1 is 1.44 bits per heavy atom. The predicted octanol–water partition coefficient (Wildman–Crippen LogP) is 1.92. The largest absolute Gasteiger partial charge is 0.394 e. The molecule has 0 spiro atoms. The number of aliphatic hydroxyl groups excluding tert-OH is 1. The van der Waals surface area contributed by atoms with Gasteiger partial charge in [-0.15, -0.1) is 0 Å². The van der Waals surface area contributed by atoms with Crippen molar-refractivity contribution >= 4 is 5.69 Å². The molecular formula is C12H17N3O. The van der Waals surface area contributed by atoms with Crippen LogP contribution >= 0.6 is 0 Å². The van der Waals surface area contributed by atoms with Crippen molar-refractivity contribution < 1.29 is 5.11 Å². The number of nitrogens with zero attached hydrogens (tertiary/aromatic N) is 2. The van der Waals surface area contributed by atoms with Crippen LogP contribution in [0.3, 0.4) is 0 Å². The molecule has 0 aliphatic carbocycles. The average molecular weight is 219 g/mol. The monoisotopic (exact) mass is 219 g/mol. The third kappa shape index (κ3) is 2.71. The molecule has 1 heterocycles. The van der Waals surface area contributed by atoms with Gasteiger partial charge in [-0.1, -0.05) is 13.8 Å². The summed E-state index contributed by atoms with van der Waals surface area (Å²) in [6.45, 7) is 4.15. The fraction of sp³-hybridized carbons (Fsp3) is 0.500. The summed E-state index contributed by atoms with van der Waals surface area (Å²) in [5, 5.41) is 21.3. The molecule has 0 saturated heterocycles. The first kappa shape index (κ1) is 12.5. The minimum atomic E-state index is -0.296. The highest BCUT2D eigenvalue weighted by atomic mass is 16.3. The van der Waals surface area contributed by atoms with Crippen molar-refractivity contribution in [3.63, 3.8) is 0 Å². The van der Waals surface area contributed by atoms with E-state index in [-0.39, 0.29) is 12.1 Å². The van der Waals surface area contributed by atoms with Crippen LogP contribution in [-0.4, -0.2) is 22.2 Å². The lowest BCUT2D eigenvalue weighted by molar-refractivity contribution is 0.202. The Bertz CT molecular complexity index is 355. The summed E-state index contributed by atoms with van der Waals surface area (Å²) in [7, 11) is 0. The van der Waals surface area contributed by atoms with Crippen LogP contribution in [0.2, 0.25) is 0 Å². The van der Waals surface area contributed by atoms with E-state index < -0.39 is 0 Å². The number of pyridine rings is 1. The molecule has 0 aliphatic heterocycles. The van der Waals surface area contributed by atoms with Gasteiger partial charge in [-0.2, -0.15) is 5.26 Å². The van der Waals surface area contributed by atoms with E-state index in [9.17, 15) is 5.11 Å². The molecule has 1 rings (SSSR count). The van der Waals surface area contributed by atoms with E-state index in [0.717, 1.165) is 18.5 Å². The molecule has 0 saturated carbocycles. The number of hydrogen-bond acceptors (Lipinski definition) is 4. The van der Waals surface area contributed by atoms with E-state index in [2.05, 4.69) is 10.3 Å². The lowest BCUT2D eigenvalue weighted by atomic mass is 9.93. The Morgan fingerprint density at radius 3 is 2.50 bits per heavy atom. The zero-order valence-corrected chi connectivity index (χ0v) is 9.70. The van der Waals surface area contributed by atoms with E-state index in [1.54, 1.807) is 18.3 Å². The van der Waals surface area contributed by atoms with E-state index in [1.807, 2.05) is 19.9 Å².